The summed E-state index contributed by atoms with van der Waals surface area (Å²) in [5.74, 6) is 0.590. The molecule has 1 aliphatic rings. The summed E-state index contributed by atoms with van der Waals surface area (Å²) in [7, 11) is 1.66. The summed E-state index contributed by atoms with van der Waals surface area (Å²) < 4.78 is 7.38. The van der Waals surface area contributed by atoms with Crippen molar-refractivity contribution in [2.24, 2.45) is 0 Å². The molecule has 1 aliphatic heterocycles. The van der Waals surface area contributed by atoms with Gasteiger partial charge in [-0.25, -0.2) is 0 Å². The van der Waals surface area contributed by atoms with E-state index in [1.807, 2.05) is 23.5 Å². The first-order chi connectivity index (χ1) is 12.2. The van der Waals surface area contributed by atoms with Crippen molar-refractivity contribution >= 4 is 11.6 Å². The summed E-state index contributed by atoms with van der Waals surface area (Å²) in [4.78, 5) is 23.2. The van der Waals surface area contributed by atoms with E-state index < -0.39 is 0 Å². The molecule has 0 spiro atoms. The van der Waals surface area contributed by atoms with Crippen molar-refractivity contribution in [1.29, 1.82) is 0 Å². The minimum Gasteiger partial charge on any atom is -0.380 e. The van der Waals surface area contributed by atoms with Gasteiger partial charge in [0.1, 0.15) is 5.69 Å². The molecule has 0 unspecified atom stereocenters. The Labute approximate surface area is 144 Å². The number of ether oxygens (including phenoxy) is 1. The van der Waals surface area contributed by atoms with E-state index in [2.05, 4.69) is 20.2 Å². The molecule has 0 saturated carbocycles. The van der Waals surface area contributed by atoms with E-state index in [0.29, 0.717) is 30.1 Å². The number of fused-ring (bicyclic) bond motifs is 1. The first-order valence-electron chi connectivity index (χ1n) is 8.09. The molecule has 0 N–H and O–H groups in total. The normalized spacial score (nSPS) is 20.3. The zero-order chi connectivity index (χ0) is 17.4. The van der Waals surface area contributed by atoms with Gasteiger partial charge >= 0.3 is 0 Å². The second kappa shape index (κ2) is 6.21. The minimum atomic E-state index is -0.226. The van der Waals surface area contributed by atoms with E-state index in [1.165, 1.54) is 0 Å². The number of rotatable bonds is 3. The maximum atomic E-state index is 13.1. The minimum absolute atomic E-state index is 0.0489. The Morgan fingerprint density at radius 1 is 1.32 bits per heavy atom. The quantitative estimate of drug-likeness (QED) is 0.718. The van der Waals surface area contributed by atoms with Gasteiger partial charge in [0, 0.05) is 38.7 Å². The third kappa shape index (κ3) is 2.64. The van der Waals surface area contributed by atoms with Crippen LogP contribution in [-0.4, -0.2) is 55.1 Å². The van der Waals surface area contributed by atoms with Crippen LogP contribution >= 0.6 is 0 Å². The lowest BCUT2D eigenvalue weighted by molar-refractivity contribution is 0.0677. The van der Waals surface area contributed by atoms with E-state index in [1.54, 1.807) is 36.8 Å². The molecule has 0 aliphatic carbocycles. The molecule has 4 rings (SSSR count). The monoisotopic (exact) mass is 338 g/mol. The fourth-order valence-electron chi connectivity index (χ4n) is 3.28. The van der Waals surface area contributed by atoms with Gasteiger partial charge in [0.05, 0.1) is 18.3 Å². The summed E-state index contributed by atoms with van der Waals surface area (Å²) in [6.07, 6.45) is 7.38. The van der Waals surface area contributed by atoms with Crippen LogP contribution in [-0.2, 0) is 4.74 Å². The number of pyridine rings is 1. The van der Waals surface area contributed by atoms with Crippen LogP contribution in [0.2, 0.25) is 0 Å². The van der Waals surface area contributed by atoms with Crippen LogP contribution in [0.1, 0.15) is 34.3 Å². The SMILES string of the molecule is CO[C@@H]1C[C@@H](c2nnc3cnccn23)N(C(=O)c2ncccc2C)C1. The lowest BCUT2D eigenvalue weighted by Gasteiger charge is -2.23. The third-order valence-electron chi connectivity index (χ3n) is 4.61. The largest absolute Gasteiger partial charge is 0.380 e. The first-order valence-corrected chi connectivity index (χ1v) is 8.09. The zero-order valence-electron chi connectivity index (χ0n) is 14.0. The van der Waals surface area contributed by atoms with Gasteiger partial charge in [-0.3, -0.25) is 19.2 Å². The summed E-state index contributed by atoms with van der Waals surface area (Å²) in [6, 6.07) is 3.48. The summed E-state index contributed by atoms with van der Waals surface area (Å²) in [5, 5.41) is 8.45. The number of hydrogen-bond acceptors (Lipinski definition) is 6. The number of aryl methyl sites for hydroxylation is 1. The highest BCUT2D eigenvalue weighted by atomic mass is 16.5. The number of methoxy groups -OCH3 is 1. The van der Waals surface area contributed by atoms with Gasteiger partial charge in [-0.05, 0) is 18.6 Å². The zero-order valence-corrected chi connectivity index (χ0v) is 14.0. The van der Waals surface area contributed by atoms with Crippen molar-refractivity contribution < 1.29 is 9.53 Å². The molecular weight excluding hydrogens is 320 g/mol. The fraction of sp³-hybridized carbons (Fsp3) is 0.353. The summed E-state index contributed by atoms with van der Waals surface area (Å²) >= 11 is 0. The second-order valence-corrected chi connectivity index (χ2v) is 6.10. The molecule has 0 aromatic carbocycles. The highest BCUT2D eigenvalue weighted by Crippen LogP contribution is 2.33. The van der Waals surface area contributed by atoms with Crippen molar-refractivity contribution in [2.75, 3.05) is 13.7 Å². The van der Waals surface area contributed by atoms with Gasteiger partial charge in [-0.1, -0.05) is 6.07 Å². The molecule has 25 heavy (non-hydrogen) atoms. The molecule has 0 bridgehead atoms. The number of nitrogens with zero attached hydrogens (tertiary/aromatic N) is 6. The second-order valence-electron chi connectivity index (χ2n) is 6.10. The molecule has 0 radical (unpaired) electrons. The highest BCUT2D eigenvalue weighted by Gasteiger charge is 2.40. The Hall–Kier alpha value is -2.87. The van der Waals surface area contributed by atoms with Crippen LogP contribution in [0.5, 0.6) is 0 Å². The van der Waals surface area contributed by atoms with E-state index in [-0.39, 0.29) is 18.1 Å². The van der Waals surface area contributed by atoms with Crippen molar-refractivity contribution in [1.82, 2.24) is 29.5 Å². The van der Waals surface area contributed by atoms with Gasteiger partial charge in [-0.15, -0.1) is 10.2 Å². The molecule has 3 aromatic rings. The number of hydrogen-bond donors (Lipinski definition) is 0. The highest BCUT2D eigenvalue weighted by molar-refractivity contribution is 5.94. The average Bonchev–Trinajstić information content (AvgIpc) is 3.25. The van der Waals surface area contributed by atoms with Crippen LogP contribution in [0, 0.1) is 6.92 Å². The van der Waals surface area contributed by atoms with E-state index in [0.717, 1.165) is 5.56 Å². The molecule has 1 fully saturated rings. The van der Waals surface area contributed by atoms with Gasteiger partial charge in [-0.2, -0.15) is 0 Å². The van der Waals surface area contributed by atoms with E-state index in [4.69, 9.17) is 4.74 Å². The molecular formula is C17H18N6O2. The van der Waals surface area contributed by atoms with E-state index in [9.17, 15) is 4.79 Å². The predicted molar refractivity (Wildman–Crippen MR) is 88.9 cm³/mol. The predicted octanol–water partition coefficient (Wildman–Crippen LogP) is 1.43. The van der Waals surface area contributed by atoms with Crippen molar-refractivity contribution in [2.45, 2.75) is 25.5 Å². The lowest BCUT2D eigenvalue weighted by Crippen LogP contribution is -2.33. The van der Waals surface area contributed by atoms with Crippen LogP contribution in [0.25, 0.3) is 5.65 Å². The molecule has 4 heterocycles. The number of carbonyl (C=O) groups is 1. The van der Waals surface area contributed by atoms with Gasteiger partial charge in [0.25, 0.3) is 5.91 Å². The Morgan fingerprint density at radius 2 is 2.20 bits per heavy atom. The summed E-state index contributed by atoms with van der Waals surface area (Å²) in [6.45, 7) is 2.38. The maximum Gasteiger partial charge on any atom is 0.273 e. The molecule has 8 heteroatoms. The van der Waals surface area contributed by atoms with Crippen molar-refractivity contribution in [3.8, 4) is 0 Å². The average molecular weight is 338 g/mol. The van der Waals surface area contributed by atoms with Crippen LogP contribution < -0.4 is 0 Å². The maximum absolute atomic E-state index is 13.1. The Bertz CT molecular complexity index is 924. The number of likely N-dealkylation sites (tertiary alicyclic amines) is 1. The van der Waals surface area contributed by atoms with Crippen LogP contribution in [0.3, 0.4) is 0 Å². The smallest absolute Gasteiger partial charge is 0.273 e. The van der Waals surface area contributed by atoms with Gasteiger partial charge in [0.15, 0.2) is 11.5 Å². The molecule has 3 aromatic heterocycles. The van der Waals surface area contributed by atoms with Crippen molar-refractivity contribution in [3.05, 3.63) is 54.0 Å². The first kappa shape index (κ1) is 15.6. The van der Waals surface area contributed by atoms with E-state index >= 15 is 0 Å². The fourth-order valence-corrected chi connectivity index (χ4v) is 3.28. The standard InChI is InChI=1S/C17H18N6O2/c1-11-4-3-5-19-15(11)17(24)23-10-12(25-2)8-13(23)16-21-20-14-9-18-6-7-22(14)16/h3-7,9,12-13H,8,10H2,1-2H3/t12-,13+/m1/s1. The Balaban J connectivity index is 1.75. The topological polar surface area (TPSA) is 85.5 Å². The Morgan fingerprint density at radius 3 is 3.00 bits per heavy atom. The van der Waals surface area contributed by atoms with Gasteiger partial charge < -0.3 is 9.64 Å². The van der Waals surface area contributed by atoms with Crippen LogP contribution in [0.15, 0.2) is 36.9 Å². The third-order valence-corrected chi connectivity index (χ3v) is 4.61. The molecule has 1 amide bonds. The summed E-state index contributed by atoms with van der Waals surface area (Å²) in [5.41, 5.74) is 1.96. The Kier molecular flexibility index (Phi) is 3.89. The molecule has 1 saturated heterocycles. The van der Waals surface area contributed by atoms with Crippen LogP contribution in [0.4, 0.5) is 0 Å². The molecule has 8 nitrogen and oxygen atoms in total. The number of carbonyl (C=O) groups excluding carboxylic acids is 1. The van der Waals surface area contributed by atoms with Crippen molar-refractivity contribution in [3.63, 3.8) is 0 Å². The molecule has 128 valence electrons. The number of amides is 1. The lowest BCUT2D eigenvalue weighted by atomic mass is 10.1. The molecule has 2 atom stereocenters. The van der Waals surface area contributed by atoms with Gasteiger partial charge in [0.2, 0.25) is 0 Å². The number of aromatic nitrogens is 5.